The molecular formula is C15H22F2N2. The molecule has 0 aliphatic carbocycles. The summed E-state index contributed by atoms with van der Waals surface area (Å²) in [5.41, 5.74) is 1.13. The lowest BCUT2D eigenvalue weighted by Gasteiger charge is -2.27. The third-order valence-corrected chi connectivity index (χ3v) is 3.58. The fraction of sp³-hybridized carbons (Fsp3) is 0.600. The average Bonchev–Trinajstić information content (AvgIpc) is 2.39. The van der Waals surface area contributed by atoms with Gasteiger partial charge in [-0.3, -0.25) is 0 Å². The van der Waals surface area contributed by atoms with E-state index in [1.54, 1.807) is 12.1 Å². The van der Waals surface area contributed by atoms with Gasteiger partial charge in [-0.2, -0.15) is 0 Å². The molecule has 106 valence electrons. The molecule has 0 amide bonds. The molecule has 0 spiro atoms. The number of benzene rings is 1. The van der Waals surface area contributed by atoms with E-state index >= 15 is 0 Å². The minimum absolute atomic E-state index is 0.118. The highest BCUT2D eigenvalue weighted by Crippen LogP contribution is 2.27. The summed E-state index contributed by atoms with van der Waals surface area (Å²) in [6.07, 6.45) is 1.90. The Bertz CT molecular complexity index is 395. The van der Waals surface area contributed by atoms with Gasteiger partial charge in [0, 0.05) is 38.7 Å². The predicted octanol–water partition coefficient (Wildman–Crippen LogP) is 2.64. The number of aryl methyl sites for hydroxylation is 1. The number of rotatable bonds is 5. The number of nitrogens with zero attached hydrogens (tertiary/aromatic N) is 1. The molecule has 1 aromatic rings. The Labute approximate surface area is 113 Å². The van der Waals surface area contributed by atoms with Gasteiger partial charge in [-0.25, -0.2) is 8.78 Å². The third-order valence-electron chi connectivity index (χ3n) is 3.58. The first kappa shape index (κ1) is 14.4. The average molecular weight is 268 g/mol. The molecule has 19 heavy (non-hydrogen) atoms. The number of hydrogen-bond donors (Lipinski definition) is 1. The summed E-state index contributed by atoms with van der Waals surface area (Å²) in [6.45, 7) is 6.29. The van der Waals surface area contributed by atoms with Crippen LogP contribution in [0.3, 0.4) is 0 Å². The van der Waals surface area contributed by atoms with Gasteiger partial charge in [-0.15, -0.1) is 0 Å². The SMILES string of the molecule is CC(F)(F)c1cccc(CCCN2CCNCC2)c1. The first-order chi connectivity index (χ1) is 9.05. The molecule has 1 fully saturated rings. The summed E-state index contributed by atoms with van der Waals surface area (Å²) in [5.74, 6) is -2.74. The monoisotopic (exact) mass is 268 g/mol. The van der Waals surface area contributed by atoms with Crippen molar-refractivity contribution in [3.8, 4) is 0 Å². The molecular weight excluding hydrogens is 246 g/mol. The Balaban J connectivity index is 1.82. The second-order valence-electron chi connectivity index (χ2n) is 5.28. The molecule has 0 radical (unpaired) electrons. The maximum Gasteiger partial charge on any atom is 0.270 e. The van der Waals surface area contributed by atoms with E-state index in [1.165, 1.54) is 6.07 Å². The van der Waals surface area contributed by atoms with Crippen molar-refractivity contribution in [2.45, 2.75) is 25.7 Å². The van der Waals surface area contributed by atoms with Crippen molar-refractivity contribution < 1.29 is 8.78 Å². The third kappa shape index (κ3) is 4.55. The molecule has 2 nitrogen and oxygen atoms in total. The van der Waals surface area contributed by atoms with Gasteiger partial charge in [0.25, 0.3) is 5.92 Å². The lowest BCUT2D eigenvalue weighted by atomic mass is 10.0. The minimum Gasteiger partial charge on any atom is -0.314 e. The normalized spacial score (nSPS) is 17.6. The van der Waals surface area contributed by atoms with E-state index in [2.05, 4.69) is 10.2 Å². The number of hydrogen-bond acceptors (Lipinski definition) is 2. The van der Waals surface area contributed by atoms with E-state index in [0.717, 1.165) is 58.1 Å². The van der Waals surface area contributed by atoms with E-state index in [4.69, 9.17) is 0 Å². The van der Waals surface area contributed by atoms with E-state index in [-0.39, 0.29) is 5.56 Å². The molecule has 1 saturated heterocycles. The standard InChI is InChI=1S/C15H22F2N2/c1-15(16,17)14-6-2-4-13(12-14)5-3-9-19-10-7-18-8-11-19/h2,4,6,12,18H,3,5,7-11H2,1H3. The summed E-state index contributed by atoms with van der Waals surface area (Å²) < 4.78 is 26.5. The fourth-order valence-electron chi connectivity index (χ4n) is 2.44. The molecule has 1 aromatic carbocycles. The largest absolute Gasteiger partial charge is 0.314 e. The molecule has 0 bridgehead atoms. The maximum atomic E-state index is 13.2. The van der Waals surface area contributed by atoms with Crippen LogP contribution in [0.1, 0.15) is 24.5 Å². The highest BCUT2D eigenvalue weighted by Gasteiger charge is 2.23. The summed E-state index contributed by atoms with van der Waals surface area (Å²) in [7, 11) is 0. The smallest absolute Gasteiger partial charge is 0.270 e. The molecule has 2 rings (SSSR count). The minimum atomic E-state index is -2.74. The van der Waals surface area contributed by atoms with Gasteiger partial charge < -0.3 is 10.2 Å². The van der Waals surface area contributed by atoms with Gasteiger partial charge in [-0.05, 0) is 31.0 Å². The van der Waals surface area contributed by atoms with E-state index < -0.39 is 5.92 Å². The zero-order valence-electron chi connectivity index (χ0n) is 11.5. The lowest BCUT2D eigenvalue weighted by Crippen LogP contribution is -2.43. The van der Waals surface area contributed by atoms with Crippen molar-refractivity contribution in [1.82, 2.24) is 10.2 Å². The van der Waals surface area contributed by atoms with Crippen molar-refractivity contribution in [3.05, 3.63) is 35.4 Å². The highest BCUT2D eigenvalue weighted by atomic mass is 19.3. The zero-order valence-corrected chi connectivity index (χ0v) is 11.5. The van der Waals surface area contributed by atoms with E-state index in [1.807, 2.05) is 6.07 Å². The molecule has 1 N–H and O–H groups in total. The van der Waals surface area contributed by atoms with E-state index in [9.17, 15) is 8.78 Å². The Morgan fingerprint density at radius 2 is 2.00 bits per heavy atom. The van der Waals surface area contributed by atoms with E-state index in [0.29, 0.717) is 0 Å². The highest BCUT2D eigenvalue weighted by molar-refractivity contribution is 5.26. The second kappa shape index (κ2) is 6.44. The van der Waals surface area contributed by atoms with Crippen LogP contribution in [0.15, 0.2) is 24.3 Å². The van der Waals surface area contributed by atoms with Crippen LogP contribution in [0.2, 0.25) is 0 Å². The van der Waals surface area contributed by atoms with Gasteiger partial charge in [0.05, 0.1) is 0 Å². The van der Waals surface area contributed by atoms with Gasteiger partial charge in [0.1, 0.15) is 0 Å². The van der Waals surface area contributed by atoms with Crippen LogP contribution in [-0.4, -0.2) is 37.6 Å². The molecule has 4 heteroatoms. The van der Waals surface area contributed by atoms with Crippen LogP contribution < -0.4 is 5.32 Å². The fourth-order valence-corrected chi connectivity index (χ4v) is 2.44. The molecule has 0 saturated carbocycles. The van der Waals surface area contributed by atoms with Gasteiger partial charge in [0.15, 0.2) is 0 Å². The van der Waals surface area contributed by atoms with Crippen LogP contribution in [0.25, 0.3) is 0 Å². The van der Waals surface area contributed by atoms with Crippen molar-refractivity contribution >= 4 is 0 Å². The first-order valence-electron chi connectivity index (χ1n) is 6.96. The molecule has 0 aromatic heterocycles. The van der Waals surface area contributed by atoms with Crippen LogP contribution in [0.4, 0.5) is 8.78 Å². The van der Waals surface area contributed by atoms with Crippen LogP contribution in [0, 0.1) is 0 Å². The van der Waals surface area contributed by atoms with Crippen molar-refractivity contribution in [2.75, 3.05) is 32.7 Å². The topological polar surface area (TPSA) is 15.3 Å². The second-order valence-corrected chi connectivity index (χ2v) is 5.28. The molecule has 1 aliphatic heterocycles. The summed E-state index contributed by atoms with van der Waals surface area (Å²) in [6, 6.07) is 6.80. The van der Waals surface area contributed by atoms with Gasteiger partial charge >= 0.3 is 0 Å². The van der Waals surface area contributed by atoms with Crippen molar-refractivity contribution in [2.24, 2.45) is 0 Å². The Morgan fingerprint density at radius 3 is 2.68 bits per heavy atom. The molecule has 1 heterocycles. The maximum absolute atomic E-state index is 13.2. The molecule has 0 unspecified atom stereocenters. The van der Waals surface area contributed by atoms with Crippen molar-refractivity contribution in [3.63, 3.8) is 0 Å². The van der Waals surface area contributed by atoms with Gasteiger partial charge in [0.2, 0.25) is 0 Å². The van der Waals surface area contributed by atoms with Crippen molar-refractivity contribution in [1.29, 1.82) is 0 Å². The summed E-state index contributed by atoms with van der Waals surface area (Å²) in [4.78, 5) is 2.43. The predicted molar refractivity (Wildman–Crippen MR) is 73.6 cm³/mol. The Hall–Kier alpha value is -1.00. The Kier molecular flexibility index (Phi) is 4.88. The number of piperazine rings is 1. The Morgan fingerprint density at radius 1 is 1.26 bits per heavy atom. The lowest BCUT2D eigenvalue weighted by molar-refractivity contribution is 0.0174. The quantitative estimate of drug-likeness (QED) is 0.883. The van der Waals surface area contributed by atoms with Crippen LogP contribution in [0.5, 0.6) is 0 Å². The number of alkyl halides is 2. The van der Waals surface area contributed by atoms with Crippen LogP contribution >= 0.6 is 0 Å². The van der Waals surface area contributed by atoms with Crippen LogP contribution in [-0.2, 0) is 12.3 Å². The molecule has 0 atom stereocenters. The molecule has 1 aliphatic rings. The number of nitrogens with one attached hydrogen (secondary N) is 1. The first-order valence-corrected chi connectivity index (χ1v) is 6.96. The summed E-state index contributed by atoms with van der Waals surface area (Å²) >= 11 is 0. The van der Waals surface area contributed by atoms with Gasteiger partial charge in [-0.1, -0.05) is 18.2 Å². The zero-order chi connectivity index (χ0) is 13.7. The summed E-state index contributed by atoms with van der Waals surface area (Å²) in [5, 5.41) is 3.32. The number of halogens is 2.